The van der Waals surface area contributed by atoms with Crippen molar-refractivity contribution in [3.63, 3.8) is 0 Å². The van der Waals surface area contributed by atoms with Crippen molar-refractivity contribution in [3.8, 4) is 0 Å². The van der Waals surface area contributed by atoms with Crippen molar-refractivity contribution < 1.29 is 13.2 Å². The number of rotatable bonds is 6. The van der Waals surface area contributed by atoms with E-state index in [-0.39, 0.29) is 22.6 Å². The third-order valence-corrected chi connectivity index (χ3v) is 5.49. The van der Waals surface area contributed by atoms with E-state index in [0.29, 0.717) is 23.7 Å². The Balaban J connectivity index is 2.21. The Labute approximate surface area is 135 Å². The van der Waals surface area contributed by atoms with Crippen LogP contribution in [0.15, 0.2) is 17.0 Å². The van der Waals surface area contributed by atoms with Gasteiger partial charge in [0.2, 0.25) is 10.0 Å². The number of sulfonamides is 1. The molecule has 0 amide bonds. The summed E-state index contributed by atoms with van der Waals surface area (Å²) in [6.07, 6.45) is 1.74. The first kappa shape index (κ1) is 17.0. The van der Waals surface area contributed by atoms with Crippen molar-refractivity contribution in [1.82, 2.24) is 10.0 Å². The maximum Gasteiger partial charge on any atom is 0.242 e. The van der Waals surface area contributed by atoms with Crippen LogP contribution in [0.4, 0.5) is 0 Å². The van der Waals surface area contributed by atoms with Gasteiger partial charge in [0.25, 0.3) is 0 Å². The van der Waals surface area contributed by atoms with Crippen LogP contribution in [-0.4, -0.2) is 34.7 Å². The molecule has 0 saturated carbocycles. The molecule has 8 heteroatoms. The fourth-order valence-electron chi connectivity index (χ4n) is 2.22. The van der Waals surface area contributed by atoms with E-state index in [0.717, 1.165) is 12.8 Å². The van der Waals surface area contributed by atoms with Gasteiger partial charge in [-0.3, -0.25) is 0 Å². The van der Waals surface area contributed by atoms with Crippen LogP contribution in [-0.2, 0) is 21.3 Å². The summed E-state index contributed by atoms with van der Waals surface area (Å²) in [6, 6.07) is 3.01. The summed E-state index contributed by atoms with van der Waals surface area (Å²) >= 11 is 12.2. The highest BCUT2D eigenvalue weighted by Gasteiger charge is 2.23. The molecule has 1 atom stereocenters. The van der Waals surface area contributed by atoms with Crippen molar-refractivity contribution in [2.75, 3.05) is 20.2 Å². The lowest BCUT2D eigenvalue weighted by Gasteiger charge is -2.14. The van der Waals surface area contributed by atoms with E-state index in [1.165, 1.54) is 6.07 Å². The minimum atomic E-state index is -3.72. The van der Waals surface area contributed by atoms with Crippen molar-refractivity contribution in [2.45, 2.75) is 30.4 Å². The summed E-state index contributed by atoms with van der Waals surface area (Å²) in [4.78, 5) is -0.0000800. The average molecular weight is 353 g/mol. The normalized spacial score (nSPS) is 19.1. The summed E-state index contributed by atoms with van der Waals surface area (Å²) in [5, 5.41) is 3.45. The fourth-order valence-corrected chi connectivity index (χ4v) is 4.21. The summed E-state index contributed by atoms with van der Waals surface area (Å²) in [5.74, 6) is 0. The van der Waals surface area contributed by atoms with E-state index in [2.05, 4.69) is 10.0 Å². The minimum Gasteiger partial charge on any atom is -0.377 e. The molecule has 21 heavy (non-hydrogen) atoms. The van der Waals surface area contributed by atoms with Gasteiger partial charge in [-0.25, -0.2) is 13.1 Å². The molecule has 2 N–H and O–H groups in total. The van der Waals surface area contributed by atoms with Gasteiger partial charge in [0, 0.05) is 24.7 Å². The molecule has 2 rings (SSSR count). The highest BCUT2D eigenvalue weighted by Crippen LogP contribution is 2.29. The number of nitrogens with one attached hydrogen (secondary N) is 2. The highest BCUT2D eigenvalue weighted by atomic mass is 35.5. The molecular formula is C13H18Cl2N2O3S. The molecule has 0 aliphatic carbocycles. The van der Waals surface area contributed by atoms with Gasteiger partial charge >= 0.3 is 0 Å². The van der Waals surface area contributed by atoms with E-state index >= 15 is 0 Å². The Kier molecular flexibility index (Phi) is 5.88. The first-order valence-corrected chi connectivity index (χ1v) is 8.91. The highest BCUT2D eigenvalue weighted by molar-refractivity contribution is 7.89. The van der Waals surface area contributed by atoms with Crippen molar-refractivity contribution >= 4 is 33.2 Å². The van der Waals surface area contributed by atoms with E-state index in [4.69, 9.17) is 27.9 Å². The van der Waals surface area contributed by atoms with E-state index in [1.807, 2.05) is 0 Å². The molecule has 0 bridgehead atoms. The number of halogens is 2. The van der Waals surface area contributed by atoms with E-state index in [1.54, 1.807) is 13.1 Å². The first-order valence-electron chi connectivity index (χ1n) is 6.68. The Morgan fingerprint density at radius 1 is 1.38 bits per heavy atom. The summed E-state index contributed by atoms with van der Waals surface area (Å²) < 4.78 is 32.7. The molecule has 1 aromatic carbocycles. The van der Waals surface area contributed by atoms with Crippen LogP contribution in [0.2, 0.25) is 10.0 Å². The zero-order valence-electron chi connectivity index (χ0n) is 11.7. The van der Waals surface area contributed by atoms with E-state index in [9.17, 15) is 8.42 Å². The molecule has 0 spiro atoms. The van der Waals surface area contributed by atoms with Crippen molar-refractivity contribution in [3.05, 3.63) is 27.7 Å². The van der Waals surface area contributed by atoms with Crippen molar-refractivity contribution in [2.24, 2.45) is 0 Å². The molecule has 5 nitrogen and oxygen atoms in total. The summed E-state index contributed by atoms with van der Waals surface area (Å²) in [7, 11) is -1.96. The number of ether oxygens (including phenoxy) is 1. The lowest BCUT2D eigenvalue weighted by Crippen LogP contribution is -2.32. The van der Waals surface area contributed by atoms with Crippen LogP contribution < -0.4 is 10.0 Å². The molecule has 1 unspecified atom stereocenters. The van der Waals surface area contributed by atoms with Crippen LogP contribution in [0, 0.1) is 0 Å². The third kappa shape index (κ3) is 4.31. The second-order valence-corrected chi connectivity index (χ2v) is 7.44. The number of hydrogen-bond donors (Lipinski definition) is 2. The third-order valence-electron chi connectivity index (χ3n) is 3.26. The molecule has 1 fully saturated rings. The van der Waals surface area contributed by atoms with Gasteiger partial charge < -0.3 is 10.1 Å². The van der Waals surface area contributed by atoms with Gasteiger partial charge in [-0.1, -0.05) is 23.2 Å². The first-order chi connectivity index (χ1) is 9.94. The molecule has 1 aromatic rings. The predicted octanol–water partition coefficient (Wildman–Crippen LogP) is 2.17. The topological polar surface area (TPSA) is 67.4 Å². The monoisotopic (exact) mass is 352 g/mol. The van der Waals surface area contributed by atoms with Gasteiger partial charge in [-0.05, 0) is 37.6 Å². The maximum atomic E-state index is 12.4. The van der Waals surface area contributed by atoms with Gasteiger partial charge in [0.05, 0.1) is 11.1 Å². The number of hydrogen-bond acceptors (Lipinski definition) is 4. The van der Waals surface area contributed by atoms with E-state index < -0.39 is 10.0 Å². The molecule has 1 aliphatic rings. The average Bonchev–Trinajstić information content (AvgIpc) is 2.94. The Hall–Kier alpha value is -0.370. The largest absolute Gasteiger partial charge is 0.377 e. The molecule has 1 saturated heterocycles. The van der Waals surface area contributed by atoms with Crippen molar-refractivity contribution in [1.29, 1.82) is 0 Å². The maximum absolute atomic E-state index is 12.4. The second-order valence-electron chi connectivity index (χ2n) is 4.89. The van der Waals surface area contributed by atoms with Gasteiger partial charge in [-0.2, -0.15) is 0 Å². The molecule has 1 heterocycles. The number of benzene rings is 1. The molecule has 1 aliphatic heterocycles. The van der Waals surface area contributed by atoms with Crippen LogP contribution >= 0.6 is 23.2 Å². The predicted molar refractivity (Wildman–Crippen MR) is 83.4 cm³/mol. The van der Waals surface area contributed by atoms with Gasteiger partial charge in [0.15, 0.2) is 0 Å². The Bertz CT molecular complexity index is 602. The van der Waals surface area contributed by atoms with Gasteiger partial charge in [0.1, 0.15) is 4.90 Å². The van der Waals surface area contributed by atoms with Crippen LogP contribution in [0.5, 0.6) is 0 Å². The molecular weight excluding hydrogens is 335 g/mol. The smallest absolute Gasteiger partial charge is 0.242 e. The lowest BCUT2D eigenvalue weighted by atomic mass is 10.2. The van der Waals surface area contributed by atoms with Gasteiger partial charge in [-0.15, -0.1) is 0 Å². The minimum absolute atomic E-state index is 0.0000800. The quantitative estimate of drug-likeness (QED) is 0.823. The van der Waals surface area contributed by atoms with Crippen LogP contribution in [0.1, 0.15) is 18.4 Å². The zero-order chi connectivity index (χ0) is 15.5. The van der Waals surface area contributed by atoms with Crippen LogP contribution in [0.3, 0.4) is 0 Å². The second kappa shape index (κ2) is 7.26. The SMILES string of the molecule is CNCc1cc(Cl)cc(S(=O)(=O)NCC2CCCO2)c1Cl. The Morgan fingerprint density at radius 2 is 2.14 bits per heavy atom. The zero-order valence-corrected chi connectivity index (χ0v) is 14.0. The Morgan fingerprint density at radius 3 is 2.76 bits per heavy atom. The molecule has 0 aromatic heterocycles. The van der Waals surface area contributed by atoms with Crippen LogP contribution in [0.25, 0.3) is 0 Å². The molecule has 118 valence electrons. The lowest BCUT2D eigenvalue weighted by molar-refractivity contribution is 0.114. The molecule has 0 radical (unpaired) electrons. The summed E-state index contributed by atoms with van der Waals surface area (Å²) in [6.45, 7) is 1.36. The summed E-state index contributed by atoms with van der Waals surface area (Å²) in [5.41, 5.74) is 0.643. The standard InChI is InChI=1S/C13H18Cl2N2O3S/c1-16-7-9-5-10(14)6-12(13(9)15)21(18,19)17-8-11-3-2-4-20-11/h5-6,11,16-17H,2-4,7-8H2,1H3. The fraction of sp³-hybridized carbons (Fsp3) is 0.538.